The molecular weight excluding hydrogens is 506 g/mol. The largest absolute Gasteiger partial charge is 0.497 e. The van der Waals surface area contributed by atoms with Gasteiger partial charge in [-0.2, -0.15) is 5.26 Å². The molecule has 1 atom stereocenters. The Kier molecular flexibility index (Phi) is 7.33. The summed E-state index contributed by atoms with van der Waals surface area (Å²) in [5.41, 5.74) is 4.52. The second-order valence-electron chi connectivity index (χ2n) is 10.7. The maximum atomic E-state index is 13.8. The maximum Gasteiger partial charge on any atom is 0.257 e. The van der Waals surface area contributed by atoms with Crippen LogP contribution in [0.25, 0.3) is 22.2 Å². The fourth-order valence-corrected chi connectivity index (χ4v) is 6.70. The van der Waals surface area contributed by atoms with E-state index in [4.69, 9.17) is 14.5 Å². The van der Waals surface area contributed by atoms with E-state index in [1.807, 2.05) is 36.4 Å². The zero-order valence-electron chi connectivity index (χ0n) is 23.1. The van der Waals surface area contributed by atoms with Gasteiger partial charge in [0.2, 0.25) is 0 Å². The zero-order chi connectivity index (χ0) is 27.7. The zero-order valence-corrected chi connectivity index (χ0v) is 23.9. The van der Waals surface area contributed by atoms with Crippen molar-refractivity contribution in [2.45, 2.75) is 46.5 Å². The molecule has 2 aromatic carbocycles. The van der Waals surface area contributed by atoms with E-state index in [1.54, 1.807) is 37.7 Å². The van der Waals surface area contributed by atoms with Crippen molar-refractivity contribution in [2.75, 3.05) is 19.5 Å². The van der Waals surface area contributed by atoms with Crippen molar-refractivity contribution in [1.82, 2.24) is 4.98 Å². The number of nitriles is 1. The van der Waals surface area contributed by atoms with Gasteiger partial charge in [-0.05, 0) is 60.4 Å². The monoisotopic (exact) mass is 539 g/mol. The average molecular weight is 540 g/mol. The summed E-state index contributed by atoms with van der Waals surface area (Å²) in [6.07, 6.45) is 4.00. The number of pyridine rings is 1. The Morgan fingerprint density at radius 2 is 1.97 bits per heavy atom. The lowest BCUT2D eigenvalue weighted by atomic mass is 9.69. The first kappa shape index (κ1) is 26.7. The van der Waals surface area contributed by atoms with Gasteiger partial charge in [0.15, 0.2) is 0 Å². The molecule has 0 spiro atoms. The molecule has 2 heterocycles. The number of amides is 1. The summed E-state index contributed by atoms with van der Waals surface area (Å²) in [6.45, 7) is 6.90. The third-order valence-electron chi connectivity index (χ3n) is 8.27. The number of fused-ring (bicyclic) bond motifs is 2. The standard InChI is InChI=1S/C32H33N3O3S/c1-6-32(2,3)19-11-13-22-25(18-33)31(39-29(22)15-19)35-30(36)24-17-27(34-26-10-8-7-9-21(24)26)23-14-12-20(37-4)16-28(23)38-5/h7-10,12,14,16-17,19H,6,11,13,15H2,1-5H3,(H,35,36). The van der Waals surface area contributed by atoms with E-state index in [0.717, 1.165) is 42.2 Å². The number of rotatable bonds is 7. The van der Waals surface area contributed by atoms with Gasteiger partial charge in [0.05, 0.1) is 36.6 Å². The lowest BCUT2D eigenvalue weighted by Gasteiger charge is -2.36. The quantitative estimate of drug-likeness (QED) is 0.261. The number of carbonyl (C=O) groups is 1. The smallest absolute Gasteiger partial charge is 0.257 e. The number of hydrogen-bond donors (Lipinski definition) is 1. The minimum atomic E-state index is -0.261. The number of methoxy groups -OCH3 is 2. The van der Waals surface area contributed by atoms with Crippen molar-refractivity contribution in [3.05, 3.63) is 70.1 Å². The highest BCUT2D eigenvalue weighted by Crippen LogP contribution is 2.45. The van der Waals surface area contributed by atoms with Gasteiger partial charge < -0.3 is 14.8 Å². The van der Waals surface area contributed by atoms with Gasteiger partial charge in [-0.3, -0.25) is 4.79 Å². The first-order chi connectivity index (χ1) is 18.8. The molecule has 7 heteroatoms. The van der Waals surface area contributed by atoms with Crippen LogP contribution >= 0.6 is 11.3 Å². The molecule has 1 amide bonds. The molecule has 1 N–H and O–H groups in total. The molecule has 0 saturated carbocycles. The van der Waals surface area contributed by atoms with Crippen LogP contribution < -0.4 is 14.8 Å². The van der Waals surface area contributed by atoms with Crippen molar-refractivity contribution in [1.29, 1.82) is 5.26 Å². The highest BCUT2D eigenvalue weighted by atomic mass is 32.1. The molecule has 4 aromatic rings. The molecule has 0 fully saturated rings. The molecule has 6 nitrogen and oxygen atoms in total. The number of anilines is 1. The Morgan fingerprint density at radius 1 is 1.18 bits per heavy atom. The molecule has 5 rings (SSSR count). The summed E-state index contributed by atoms with van der Waals surface area (Å²) in [5, 5.41) is 14.5. The first-order valence-electron chi connectivity index (χ1n) is 13.3. The van der Waals surface area contributed by atoms with Gasteiger partial charge in [-0.25, -0.2) is 4.98 Å². The van der Waals surface area contributed by atoms with Gasteiger partial charge in [-0.15, -0.1) is 11.3 Å². The predicted molar refractivity (Wildman–Crippen MR) is 157 cm³/mol. The number of para-hydroxylation sites is 1. The Hall–Kier alpha value is -3.89. The lowest BCUT2D eigenvalue weighted by molar-refractivity contribution is 0.102. The summed E-state index contributed by atoms with van der Waals surface area (Å²) < 4.78 is 11.0. The molecule has 39 heavy (non-hydrogen) atoms. The summed E-state index contributed by atoms with van der Waals surface area (Å²) in [5.74, 6) is 1.58. The summed E-state index contributed by atoms with van der Waals surface area (Å²) >= 11 is 1.55. The van der Waals surface area contributed by atoms with E-state index >= 15 is 0 Å². The number of aromatic nitrogens is 1. The van der Waals surface area contributed by atoms with Crippen LogP contribution in [0.5, 0.6) is 11.5 Å². The number of nitrogens with zero attached hydrogens (tertiary/aromatic N) is 2. The highest BCUT2D eigenvalue weighted by molar-refractivity contribution is 7.16. The molecule has 1 unspecified atom stereocenters. The van der Waals surface area contributed by atoms with E-state index in [9.17, 15) is 10.1 Å². The van der Waals surface area contributed by atoms with Gasteiger partial charge in [0, 0.05) is 21.9 Å². The van der Waals surface area contributed by atoms with E-state index < -0.39 is 0 Å². The number of benzene rings is 2. The summed E-state index contributed by atoms with van der Waals surface area (Å²) in [6, 6.07) is 17.3. The normalized spacial score (nSPS) is 14.9. The molecule has 200 valence electrons. The van der Waals surface area contributed by atoms with Gasteiger partial charge >= 0.3 is 0 Å². The third kappa shape index (κ3) is 4.97. The van der Waals surface area contributed by atoms with Gasteiger partial charge in [-0.1, -0.05) is 45.4 Å². The molecule has 0 saturated heterocycles. The van der Waals surface area contributed by atoms with Crippen LogP contribution in [0.2, 0.25) is 0 Å². The van der Waals surface area contributed by atoms with E-state index in [0.29, 0.717) is 44.8 Å². The Morgan fingerprint density at radius 3 is 2.69 bits per heavy atom. The topological polar surface area (TPSA) is 84.2 Å². The van der Waals surface area contributed by atoms with Crippen molar-refractivity contribution >= 4 is 33.1 Å². The van der Waals surface area contributed by atoms with Crippen LogP contribution in [-0.2, 0) is 12.8 Å². The van der Waals surface area contributed by atoms with E-state index in [-0.39, 0.29) is 11.3 Å². The number of hydrogen-bond acceptors (Lipinski definition) is 6. The molecule has 1 aliphatic rings. The first-order valence-corrected chi connectivity index (χ1v) is 14.1. The Bertz CT molecular complexity index is 1600. The SMILES string of the molecule is CCC(C)(C)C1CCc2c(sc(NC(=O)c3cc(-c4ccc(OC)cc4OC)nc4ccccc34)c2C#N)C1. The number of thiophene rings is 1. The van der Waals surface area contributed by atoms with Crippen molar-refractivity contribution in [2.24, 2.45) is 11.3 Å². The summed E-state index contributed by atoms with van der Waals surface area (Å²) in [4.78, 5) is 19.9. The van der Waals surface area contributed by atoms with Crippen LogP contribution in [0.1, 0.15) is 60.0 Å². The van der Waals surface area contributed by atoms with Crippen LogP contribution in [0, 0.1) is 22.7 Å². The predicted octanol–water partition coefficient (Wildman–Crippen LogP) is 7.65. The number of nitrogens with one attached hydrogen (secondary N) is 1. The lowest BCUT2D eigenvalue weighted by Crippen LogP contribution is -2.28. The third-order valence-corrected chi connectivity index (χ3v) is 9.44. The molecular formula is C32H33N3O3S. The molecule has 0 radical (unpaired) electrons. The van der Waals surface area contributed by atoms with Crippen LogP contribution in [0.3, 0.4) is 0 Å². The van der Waals surface area contributed by atoms with Crippen molar-refractivity contribution < 1.29 is 14.3 Å². The molecule has 1 aliphatic carbocycles. The molecule has 2 aromatic heterocycles. The van der Waals surface area contributed by atoms with E-state index in [2.05, 4.69) is 32.2 Å². The van der Waals surface area contributed by atoms with Gasteiger partial charge in [0.1, 0.15) is 22.6 Å². The Balaban J connectivity index is 1.54. The van der Waals surface area contributed by atoms with Crippen LogP contribution in [-0.4, -0.2) is 25.1 Å². The second-order valence-corrected chi connectivity index (χ2v) is 11.8. The van der Waals surface area contributed by atoms with Crippen molar-refractivity contribution in [3.8, 4) is 28.8 Å². The minimum absolute atomic E-state index is 0.243. The molecule has 0 aliphatic heterocycles. The fraction of sp³-hybridized carbons (Fsp3) is 0.344. The number of carbonyl (C=O) groups excluding carboxylic acids is 1. The number of ether oxygens (including phenoxy) is 2. The van der Waals surface area contributed by atoms with Crippen LogP contribution in [0.4, 0.5) is 5.00 Å². The van der Waals surface area contributed by atoms with Gasteiger partial charge in [0.25, 0.3) is 5.91 Å². The minimum Gasteiger partial charge on any atom is -0.497 e. The second kappa shape index (κ2) is 10.7. The maximum absolute atomic E-state index is 13.8. The molecule has 0 bridgehead atoms. The Labute approximate surface area is 233 Å². The van der Waals surface area contributed by atoms with Crippen LogP contribution in [0.15, 0.2) is 48.5 Å². The average Bonchev–Trinajstić information content (AvgIpc) is 3.32. The van der Waals surface area contributed by atoms with E-state index in [1.165, 1.54) is 4.88 Å². The van der Waals surface area contributed by atoms with Crippen molar-refractivity contribution in [3.63, 3.8) is 0 Å². The fourth-order valence-electron chi connectivity index (χ4n) is 5.43. The highest BCUT2D eigenvalue weighted by Gasteiger charge is 2.34. The summed E-state index contributed by atoms with van der Waals surface area (Å²) in [7, 11) is 3.20.